The molecule has 1 N–H and O–H groups in total. The molecule has 1 aromatic carbocycles. The van der Waals surface area contributed by atoms with Crippen LogP contribution in [0.1, 0.15) is 15.9 Å². The van der Waals surface area contributed by atoms with Gasteiger partial charge in [0.15, 0.2) is 5.65 Å². The topological polar surface area (TPSA) is 81.5 Å². The van der Waals surface area contributed by atoms with E-state index in [1.807, 2.05) is 28.8 Å². The maximum absolute atomic E-state index is 12.9. The van der Waals surface area contributed by atoms with Crippen LogP contribution in [0.15, 0.2) is 48.9 Å². The van der Waals surface area contributed by atoms with Gasteiger partial charge >= 0.3 is 0 Å². The Kier molecular flexibility index (Phi) is 5.93. The maximum atomic E-state index is 12.9. The first-order valence-corrected chi connectivity index (χ1v) is 10.8. The third-order valence-corrected chi connectivity index (χ3v) is 6.08. The van der Waals surface area contributed by atoms with Crippen LogP contribution in [0.3, 0.4) is 0 Å². The van der Waals surface area contributed by atoms with Gasteiger partial charge in [-0.2, -0.15) is 0 Å². The van der Waals surface area contributed by atoms with Crippen LogP contribution >= 0.6 is 0 Å². The fourth-order valence-electron chi connectivity index (χ4n) is 4.33. The predicted octanol–water partition coefficient (Wildman–Crippen LogP) is 1.50. The minimum Gasteiger partial charge on any atom is -0.379 e. The lowest BCUT2D eigenvalue weighted by atomic mass is 10.1. The van der Waals surface area contributed by atoms with E-state index in [1.165, 1.54) is 5.56 Å². The molecule has 0 aliphatic carbocycles. The van der Waals surface area contributed by atoms with E-state index < -0.39 is 0 Å². The van der Waals surface area contributed by atoms with Gasteiger partial charge in [0, 0.05) is 25.8 Å². The van der Waals surface area contributed by atoms with Gasteiger partial charge in [0.2, 0.25) is 0 Å². The molecule has 2 aliphatic heterocycles. The zero-order valence-corrected chi connectivity index (χ0v) is 17.4. The van der Waals surface area contributed by atoms with Gasteiger partial charge in [-0.05, 0) is 18.1 Å². The number of imidazole rings is 1. The molecule has 5 rings (SSSR count). The van der Waals surface area contributed by atoms with Crippen LogP contribution in [0.25, 0.3) is 11.2 Å². The van der Waals surface area contributed by atoms with Gasteiger partial charge in [-0.25, -0.2) is 9.97 Å². The molecule has 0 radical (unpaired) electrons. The summed E-state index contributed by atoms with van der Waals surface area (Å²) in [5, 5.41) is 3.14. The molecule has 31 heavy (non-hydrogen) atoms. The van der Waals surface area contributed by atoms with Crippen molar-refractivity contribution in [3.8, 4) is 0 Å². The van der Waals surface area contributed by atoms with Crippen molar-refractivity contribution in [3.63, 3.8) is 0 Å². The summed E-state index contributed by atoms with van der Waals surface area (Å²) < 4.78 is 13.1. The van der Waals surface area contributed by atoms with Crippen LogP contribution in [0.2, 0.25) is 0 Å². The molecule has 0 saturated carbocycles. The fraction of sp³-hybridized carbons (Fsp3) is 0.435. The molecule has 2 atom stereocenters. The molecule has 2 aromatic heterocycles. The standard InChI is InChI=1S/C23H27N5O3/c29-23(26-20-14-31-15-21(20)27-8-10-30-11-9-27)18-12-19-22(24-13-18)28(16-25-19)7-6-17-4-2-1-3-5-17/h1-5,12-13,16,20-21H,6-11,14-15H2,(H,26,29)/t20-,21-/m0/s1. The number of nitrogens with one attached hydrogen (secondary N) is 1. The number of carbonyl (C=O) groups excluding carboxylic acids is 1. The van der Waals surface area contributed by atoms with Gasteiger partial charge in [0.25, 0.3) is 5.91 Å². The number of nitrogens with zero attached hydrogens (tertiary/aromatic N) is 4. The smallest absolute Gasteiger partial charge is 0.253 e. The Balaban J connectivity index is 1.25. The van der Waals surface area contributed by atoms with Crippen LogP contribution in [-0.2, 0) is 22.4 Å². The van der Waals surface area contributed by atoms with E-state index in [2.05, 4.69) is 32.3 Å². The molecule has 2 aliphatic rings. The number of hydrogen-bond acceptors (Lipinski definition) is 6. The monoisotopic (exact) mass is 421 g/mol. The van der Waals surface area contributed by atoms with Gasteiger partial charge in [-0.15, -0.1) is 0 Å². The molecule has 2 saturated heterocycles. The number of benzene rings is 1. The number of morpholine rings is 1. The Morgan fingerprint density at radius 2 is 1.94 bits per heavy atom. The number of ether oxygens (including phenoxy) is 2. The van der Waals surface area contributed by atoms with Crippen LogP contribution in [0.4, 0.5) is 0 Å². The Bertz CT molecular complexity index is 1030. The first-order valence-electron chi connectivity index (χ1n) is 10.8. The van der Waals surface area contributed by atoms with Crippen LogP contribution < -0.4 is 5.32 Å². The highest BCUT2D eigenvalue weighted by atomic mass is 16.5. The van der Waals surface area contributed by atoms with Gasteiger partial charge in [-0.3, -0.25) is 9.69 Å². The second-order valence-corrected chi connectivity index (χ2v) is 8.07. The van der Waals surface area contributed by atoms with E-state index in [9.17, 15) is 4.79 Å². The quantitative estimate of drug-likeness (QED) is 0.650. The molecular formula is C23H27N5O3. The normalized spacial score (nSPS) is 22.1. The summed E-state index contributed by atoms with van der Waals surface area (Å²) in [6, 6.07) is 12.3. The number of pyridine rings is 1. The third-order valence-electron chi connectivity index (χ3n) is 6.08. The highest BCUT2D eigenvalue weighted by molar-refractivity contribution is 5.96. The number of aromatic nitrogens is 3. The van der Waals surface area contributed by atoms with Crippen molar-refractivity contribution in [1.29, 1.82) is 0 Å². The Hall–Kier alpha value is -2.81. The van der Waals surface area contributed by atoms with Crippen LogP contribution in [-0.4, -0.2) is 76.9 Å². The van der Waals surface area contributed by atoms with E-state index in [1.54, 1.807) is 12.5 Å². The second kappa shape index (κ2) is 9.13. The lowest BCUT2D eigenvalue weighted by Gasteiger charge is -2.34. The molecule has 8 heteroatoms. The molecule has 0 spiro atoms. The summed E-state index contributed by atoms with van der Waals surface area (Å²) in [7, 11) is 0. The average Bonchev–Trinajstić information content (AvgIpc) is 3.45. The fourth-order valence-corrected chi connectivity index (χ4v) is 4.33. The van der Waals surface area contributed by atoms with Crippen molar-refractivity contribution >= 4 is 17.1 Å². The van der Waals surface area contributed by atoms with E-state index in [0.717, 1.165) is 50.4 Å². The van der Waals surface area contributed by atoms with Crippen LogP contribution in [0, 0.1) is 0 Å². The molecule has 4 heterocycles. The van der Waals surface area contributed by atoms with Crippen molar-refractivity contribution in [1.82, 2.24) is 24.8 Å². The summed E-state index contributed by atoms with van der Waals surface area (Å²) in [5.74, 6) is -0.137. The zero-order valence-electron chi connectivity index (χ0n) is 17.4. The van der Waals surface area contributed by atoms with Gasteiger partial charge in [0.05, 0.1) is 50.4 Å². The van der Waals surface area contributed by atoms with E-state index in [-0.39, 0.29) is 18.0 Å². The van der Waals surface area contributed by atoms with E-state index >= 15 is 0 Å². The third kappa shape index (κ3) is 4.46. The molecule has 2 fully saturated rings. The molecule has 3 aromatic rings. The molecule has 8 nitrogen and oxygen atoms in total. The number of fused-ring (bicyclic) bond motifs is 1. The molecular weight excluding hydrogens is 394 g/mol. The van der Waals surface area contributed by atoms with Crippen molar-refractivity contribution in [2.75, 3.05) is 39.5 Å². The molecule has 162 valence electrons. The van der Waals surface area contributed by atoms with Crippen molar-refractivity contribution in [2.24, 2.45) is 0 Å². The highest BCUT2D eigenvalue weighted by Gasteiger charge is 2.35. The van der Waals surface area contributed by atoms with E-state index in [0.29, 0.717) is 18.8 Å². The van der Waals surface area contributed by atoms with Crippen molar-refractivity contribution in [2.45, 2.75) is 25.0 Å². The van der Waals surface area contributed by atoms with Gasteiger partial charge < -0.3 is 19.4 Å². The summed E-state index contributed by atoms with van der Waals surface area (Å²) in [4.78, 5) is 24.3. The zero-order chi connectivity index (χ0) is 21.0. The summed E-state index contributed by atoms with van der Waals surface area (Å²) in [5.41, 5.74) is 3.32. The average molecular weight is 422 g/mol. The highest BCUT2D eigenvalue weighted by Crippen LogP contribution is 2.17. The maximum Gasteiger partial charge on any atom is 0.253 e. The number of aryl methyl sites for hydroxylation is 2. The number of amides is 1. The lowest BCUT2D eigenvalue weighted by molar-refractivity contribution is 0.0108. The first-order chi connectivity index (χ1) is 15.3. The van der Waals surface area contributed by atoms with E-state index in [4.69, 9.17) is 9.47 Å². The summed E-state index contributed by atoms with van der Waals surface area (Å²) >= 11 is 0. The Labute approximate surface area is 181 Å². The molecule has 1 amide bonds. The summed E-state index contributed by atoms with van der Waals surface area (Å²) in [6.45, 7) is 5.14. The number of carbonyl (C=O) groups is 1. The lowest BCUT2D eigenvalue weighted by Crippen LogP contribution is -2.54. The second-order valence-electron chi connectivity index (χ2n) is 8.07. The molecule has 0 bridgehead atoms. The van der Waals surface area contributed by atoms with Crippen LogP contribution in [0.5, 0.6) is 0 Å². The minimum atomic E-state index is -0.137. The SMILES string of the molecule is O=C(N[C@H]1COC[C@@H]1N1CCOCC1)c1cnc2c(c1)ncn2CCc1ccccc1. The van der Waals surface area contributed by atoms with Gasteiger partial charge in [0.1, 0.15) is 5.52 Å². The Morgan fingerprint density at radius 1 is 1.10 bits per heavy atom. The van der Waals surface area contributed by atoms with Gasteiger partial charge in [-0.1, -0.05) is 30.3 Å². The minimum absolute atomic E-state index is 0.0373. The number of hydrogen-bond donors (Lipinski definition) is 1. The van der Waals surface area contributed by atoms with Crippen molar-refractivity contribution < 1.29 is 14.3 Å². The summed E-state index contributed by atoms with van der Waals surface area (Å²) in [6.07, 6.45) is 4.33. The first kappa shape index (κ1) is 20.1. The predicted molar refractivity (Wildman–Crippen MR) is 116 cm³/mol. The Morgan fingerprint density at radius 3 is 2.77 bits per heavy atom. The largest absolute Gasteiger partial charge is 0.379 e. The van der Waals surface area contributed by atoms with Crippen molar-refractivity contribution in [3.05, 3.63) is 60.0 Å². The molecule has 0 unspecified atom stereocenters. The number of rotatable bonds is 6.